The highest BCUT2D eigenvalue weighted by Gasteiger charge is 2.27. The second-order valence-corrected chi connectivity index (χ2v) is 7.97. The molecule has 27 heavy (non-hydrogen) atoms. The van der Waals surface area contributed by atoms with Gasteiger partial charge in [0.2, 0.25) is 0 Å². The Labute approximate surface area is 161 Å². The number of ether oxygens (including phenoxy) is 3. The standard InChI is InChI=1S/C20H31N3O4/c1-20(2,3)27-19(24)23(22-10-6-4-5-7-11-22)21-15-16-8-9-17-18(14-16)26-13-12-25-17/h8-9,14,21H,4-7,10-13,15H2,1-3H3. The van der Waals surface area contributed by atoms with Crippen molar-refractivity contribution < 1.29 is 19.0 Å². The van der Waals surface area contributed by atoms with Crippen molar-refractivity contribution in [1.82, 2.24) is 15.6 Å². The van der Waals surface area contributed by atoms with Gasteiger partial charge < -0.3 is 14.2 Å². The summed E-state index contributed by atoms with van der Waals surface area (Å²) < 4.78 is 16.8. The molecule has 3 rings (SSSR count). The van der Waals surface area contributed by atoms with Crippen molar-refractivity contribution in [3.05, 3.63) is 23.8 Å². The Bertz CT molecular complexity index is 637. The van der Waals surface area contributed by atoms with Crippen molar-refractivity contribution in [3.8, 4) is 11.5 Å². The van der Waals surface area contributed by atoms with Gasteiger partial charge in [-0.25, -0.2) is 15.2 Å². The molecule has 1 aromatic rings. The van der Waals surface area contributed by atoms with Gasteiger partial charge in [-0.3, -0.25) is 0 Å². The predicted octanol–water partition coefficient (Wildman–Crippen LogP) is 3.49. The molecular weight excluding hydrogens is 346 g/mol. The summed E-state index contributed by atoms with van der Waals surface area (Å²) in [4.78, 5) is 12.8. The molecule has 0 unspecified atom stereocenters. The van der Waals surface area contributed by atoms with Crippen LogP contribution in [0.5, 0.6) is 11.5 Å². The van der Waals surface area contributed by atoms with Crippen LogP contribution in [-0.4, -0.2) is 48.1 Å². The quantitative estimate of drug-likeness (QED) is 0.811. The van der Waals surface area contributed by atoms with E-state index >= 15 is 0 Å². The maximum Gasteiger partial charge on any atom is 0.440 e. The highest BCUT2D eigenvalue weighted by atomic mass is 16.6. The number of nitrogens with zero attached hydrogens (tertiary/aromatic N) is 2. The molecule has 7 heteroatoms. The van der Waals surface area contributed by atoms with E-state index in [0.29, 0.717) is 19.8 Å². The number of fused-ring (bicyclic) bond motifs is 1. The average Bonchev–Trinajstić information content (AvgIpc) is 2.90. The molecule has 2 aliphatic rings. The van der Waals surface area contributed by atoms with E-state index in [1.807, 2.05) is 39.0 Å². The van der Waals surface area contributed by atoms with Crippen LogP contribution in [0.15, 0.2) is 18.2 Å². The molecule has 0 bridgehead atoms. The first-order valence-electron chi connectivity index (χ1n) is 9.82. The van der Waals surface area contributed by atoms with Crippen LogP contribution in [-0.2, 0) is 11.3 Å². The van der Waals surface area contributed by atoms with E-state index in [4.69, 9.17) is 14.2 Å². The third-order valence-electron chi connectivity index (χ3n) is 4.47. The monoisotopic (exact) mass is 377 g/mol. The van der Waals surface area contributed by atoms with Crippen LogP contribution in [0.3, 0.4) is 0 Å². The van der Waals surface area contributed by atoms with E-state index in [-0.39, 0.29) is 6.09 Å². The van der Waals surface area contributed by atoms with Gasteiger partial charge in [-0.2, -0.15) is 5.12 Å². The fourth-order valence-corrected chi connectivity index (χ4v) is 3.20. The average molecular weight is 377 g/mol. The Morgan fingerprint density at radius 3 is 2.44 bits per heavy atom. The zero-order chi connectivity index (χ0) is 19.3. The summed E-state index contributed by atoms with van der Waals surface area (Å²) in [5, 5.41) is 3.60. The molecule has 2 heterocycles. The molecule has 0 radical (unpaired) electrons. The van der Waals surface area contributed by atoms with Crippen LogP contribution in [0, 0.1) is 0 Å². The molecule has 150 valence electrons. The Hall–Kier alpha value is -1.99. The summed E-state index contributed by atoms with van der Waals surface area (Å²) in [6.45, 7) is 8.95. The first kappa shape index (κ1) is 19.8. The van der Waals surface area contributed by atoms with E-state index in [0.717, 1.165) is 43.0 Å². The minimum atomic E-state index is -0.542. The van der Waals surface area contributed by atoms with Crippen LogP contribution >= 0.6 is 0 Å². The van der Waals surface area contributed by atoms with Crippen molar-refractivity contribution in [2.75, 3.05) is 26.3 Å². The van der Waals surface area contributed by atoms with Crippen LogP contribution in [0.4, 0.5) is 4.79 Å². The lowest BCUT2D eigenvalue weighted by molar-refractivity contribution is -0.0793. The second-order valence-electron chi connectivity index (χ2n) is 7.97. The molecular formula is C20H31N3O4. The summed E-state index contributed by atoms with van der Waals surface area (Å²) in [7, 11) is 0. The number of benzene rings is 1. The van der Waals surface area contributed by atoms with Gasteiger partial charge in [0.05, 0.1) is 0 Å². The molecule has 7 nitrogen and oxygen atoms in total. The third kappa shape index (κ3) is 5.74. The summed E-state index contributed by atoms with van der Waals surface area (Å²) in [6.07, 6.45) is 4.17. The molecule has 1 aromatic carbocycles. The lowest BCUT2D eigenvalue weighted by Crippen LogP contribution is -2.55. The minimum Gasteiger partial charge on any atom is -0.486 e. The Balaban J connectivity index is 1.69. The minimum absolute atomic E-state index is 0.373. The maximum absolute atomic E-state index is 12.8. The normalized spacial score (nSPS) is 17.9. The summed E-state index contributed by atoms with van der Waals surface area (Å²) in [5.41, 5.74) is 3.73. The van der Waals surface area contributed by atoms with Gasteiger partial charge in [0.1, 0.15) is 18.8 Å². The van der Waals surface area contributed by atoms with Crippen LogP contribution in [0.2, 0.25) is 0 Å². The number of hydrazine groups is 2. The Morgan fingerprint density at radius 1 is 1.11 bits per heavy atom. The van der Waals surface area contributed by atoms with Crippen molar-refractivity contribution in [3.63, 3.8) is 0 Å². The summed E-state index contributed by atoms with van der Waals surface area (Å²) >= 11 is 0. The zero-order valence-electron chi connectivity index (χ0n) is 16.6. The number of carbonyl (C=O) groups excluding carboxylic acids is 1. The highest BCUT2D eigenvalue weighted by Crippen LogP contribution is 2.30. The van der Waals surface area contributed by atoms with E-state index in [1.54, 1.807) is 5.12 Å². The first-order chi connectivity index (χ1) is 12.9. The molecule has 1 amide bonds. The lowest BCUT2D eigenvalue weighted by Gasteiger charge is -2.35. The molecule has 1 N–H and O–H groups in total. The topological polar surface area (TPSA) is 63.3 Å². The summed E-state index contributed by atoms with van der Waals surface area (Å²) in [6, 6.07) is 5.85. The third-order valence-corrected chi connectivity index (χ3v) is 4.47. The second kappa shape index (κ2) is 8.80. The SMILES string of the molecule is CC(C)(C)OC(=O)N(NCc1ccc2c(c1)OCCO2)N1CCCCCC1. The maximum atomic E-state index is 12.8. The molecule has 2 aliphatic heterocycles. The van der Waals surface area contributed by atoms with Crippen LogP contribution in [0.25, 0.3) is 0 Å². The Morgan fingerprint density at radius 2 is 1.78 bits per heavy atom. The van der Waals surface area contributed by atoms with Crippen LogP contribution in [0.1, 0.15) is 52.0 Å². The molecule has 0 aromatic heterocycles. The van der Waals surface area contributed by atoms with Gasteiger partial charge in [-0.05, 0) is 51.3 Å². The lowest BCUT2D eigenvalue weighted by atomic mass is 10.2. The number of rotatable bonds is 4. The largest absolute Gasteiger partial charge is 0.486 e. The fraction of sp³-hybridized carbons (Fsp3) is 0.650. The van der Waals surface area contributed by atoms with E-state index < -0.39 is 5.60 Å². The van der Waals surface area contributed by atoms with E-state index in [1.165, 1.54) is 12.8 Å². The predicted molar refractivity (Wildman–Crippen MR) is 102 cm³/mol. The Kier molecular flexibility index (Phi) is 6.44. The van der Waals surface area contributed by atoms with Gasteiger partial charge in [0.15, 0.2) is 11.5 Å². The summed E-state index contributed by atoms with van der Waals surface area (Å²) in [5.74, 6) is 1.51. The highest BCUT2D eigenvalue weighted by molar-refractivity contribution is 5.67. The van der Waals surface area contributed by atoms with Gasteiger partial charge in [0, 0.05) is 19.6 Å². The molecule has 1 saturated heterocycles. The van der Waals surface area contributed by atoms with Gasteiger partial charge in [0.25, 0.3) is 0 Å². The number of amides is 1. The van der Waals surface area contributed by atoms with E-state index in [9.17, 15) is 4.79 Å². The number of nitrogens with one attached hydrogen (secondary N) is 1. The van der Waals surface area contributed by atoms with Gasteiger partial charge >= 0.3 is 6.09 Å². The van der Waals surface area contributed by atoms with E-state index in [2.05, 4.69) is 10.4 Å². The smallest absolute Gasteiger partial charge is 0.440 e. The van der Waals surface area contributed by atoms with Crippen molar-refractivity contribution in [2.45, 2.75) is 58.6 Å². The molecule has 0 spiro atoms. The van der Waals surface area contributed by atoms with Gasteiger partial charge in [-0.15, -0.1) is 0 Å². The molecule has 1 fully saturated rings. The molecule has 0 saturated carbocycles. The zero-order valence-corrected chi connectivity index (χ0v) is 16.6. The molecule has 0 aliphatic carbocycles. The van der Waals surface area contributed by atoms with Gasteiger partial charge in [-0.1, -0.05) is 18.9 Å². The van der Waals surface area contributed by atoms with Crippen LogP contribution < -0.4 is 14.9 Å². The fourth-order valence-electron chi connectivity index (χ4n) is 3.20. The van der Waals surface area contributed by atoms with Crippen molar-refractivity contribution in [2.24, 2.45) is 0 Å². The molecule has 0 atom stereocenters. The number of carbonyl (C=O) groups is 1. The number of hydrogen-bond acceptors (Lipinski definition) is 6. The van der Waals surface area contributed by atoms with Crippen molar-refractivity contribution in [1.29, 1.82) is 0 Å². The number of hydrogen-bond donors (Lipinski definition) is 1. The first-order valence-corrected chi connectivity index (χ1v) is 9.82. The van der Waals surface area contributed by atoms with Crippen molar-refractivity contribution >= 4 is 6.09 Å².